The van der Waals surface area contributed by atoms with Crippen molar-refractivity contribution in [1.29, 1.82) is 5.26 Å². The second-order valence-corrected chi connectivity index (χ2v) is 3.15. The molecule has 1 aromatic rings. The number of nitrogens with zero attached hydrogens (tertiary/aromatic N) is 2. The van der Waals surface area contributed by atoms with E-state index in [2.05, 4.69) is 15.5 Å². The van der Waals surface area contributed by atoms with Gasteiger partial charge in [0.05, 0.1) is 23.7 Å². The Bertz CT molecular complexity index is 363. The smallest absolute Gasteiger partial charge is 0.254 e. The van der Waals surface area contributed by atoms with Crippen LogP contribution in [0.2, 0.25) is 0 Å². The van der Waals surface area contributed by atoms with Crippen LogP contribution in [0.25, 0.3) is 0 Å². The first-order chi connectivity index (χ1) is 6.65. The van der Waals surface area contributed by atoms with Gasteiger partial charge in [0.2, 0.25) is 0 Å². The van der Waals surface area contributed by atoms with E-state index in [-0.39, 0.29) is 11.8 Å². The minimum atomic E-state index is -0.196. The van der Waals surface area contributed by atoms with E-state index < -0.39 is 0 Å². The molecule has 1 atom stereocenters. The highest BCUT2D eigenvalue weighted by atomic mass is 16.1. The normalized spacial score (nSPS) is 11.8. The minimum Gasteiger partial charge on any atom is -0.351 e. The molecule has 0 aliphatic carbocycles. The Kier molecular flexibility index (Phi) is 3.24. The van der Waals surface area contributed by atoms with Crippen molar-refractivity contribution in [3.05, 3.63) is 17.5 Å². The van der Waals surface area contributed by atoms with E-state index in [9.17, 15) is 4.79 Å². The standard InChI is InChI=1S/C9H12N4O/c1-6(3-10)4-11-9(14)8-5-12-13-7(8)2/h5-6H,4H2,1-2H3,(H,11,14)(H,12,13). The fraction of sp³-hybridized carbons (Fsp3) is 0.444. The second kappa shape index (κ2) is 4.42. The first-order valence-corrected chi connectivity index (χ1v) is 4.33. The molecule has 1 aromatic heterocycles. The average Bonchev–Trinajstić information content (AvgIpc) is 2.60. The topological polar surface area (TPSA) is 81.6 Å². The Balaban J connectivity index is 2.53. The number of carbonyl (C=O) groups excluding carboxylic acids is 1. The maximum Gasteiger partial charge on any atom is 0.254 e. The van der Waals surface area contributed by atoms with Crippen LogP contribution < -0.4 is 5.32 Å². The Hall–Kier alpha value is -1.83. The molecule has 0 saturated heterocycles. The van der Waals surface area contributed by atoms with Crippen LogP contribution in [0.15, 0.2) is 6.20 Å². The van der Waals surface area contributed by atoms with E-state index in [1.165, 1.54) is 6.20 Å². The van der Waals surface area contributed by atoms with E-state index in [0.717, 1.165) is 5.69 Å². The number of aromatic amines is 1. The SMILES string of the molecule is Cc1[nH]ncc1C(=O)NCC(C)C#N. The number of nitrogens with one attached hydrogen (secondary N) is 2. The molecule has 2 N–H and O–H groups in total. The van der Waals surface area contributed by atoms with Crippen molar-refractivity contribution >= 4 is 5.91 Å². The predicted octanol–water partition coefficient (Wildman–Crippen LogP) is 0.608. The molecule has 0 spiro atoms. The molecular weight excluding hydrogens is 180 g/mol. The van der Waals surface area contributed by atoms with Crippen molar-refractivity contribution in [2.24, 2.45) is 5.92 Å². The van der Waals surface area contributed by atoms with Gasteiger partial charge in [0.15, 0.2) is 0 Å². The lowest BCUT2D eigenvalue weighted by molar-refractivity contribution is 0.0950. The molecule has 1 heterocycles. The number of hydrogen-bond donors (Lipinski definition) is 2. The molecule has 0 saturated carbocycles. The molecule has 0 aliphatic heterocycles. The third-order valence-electron chi connectivity index (χ3n) is 1.86. The van der Waals surface area contributed by atoms with Crippen LogP contribution in [-0.4, -0.2) is 22.6 Å². The number of amides is 1. The van der Waals surface area contributed by atoms with Crippen LogP contribution in [0.5, 0.6) is 0 Å². The number of rotatable bonds is 3. The monoisotopic (exact) mass is 192 g/mol. The van der Waals surface area contributed by atoms with E-state index in [1.807, 2.05) is 6.07 Å². The fourth-order valence-corrected chi connectivity index (χ4v) is 0.966. The molecule has 14 heavy (non-hydrogen) atoms. The van der Waals surface area contributed by atoms with Gasteiger partial charge in [-0.05, 0) is 13.8 Å². The number of carbonyl (C=O) groups is 1. The maximum atomic E-state index is 11.5. The summed E-state index contributed by atoms with van der Waals surface area (Å²) in [6.07, 6.45) is 1.47. The van der Waals surface area contributed by atoms with Gasteiger partial charge in [0, 0.05) is 12.2 Å². The summed E-state index contributed by atoms with van der Waals surface area (Å²) in [6, 6.07) is 2.04. The first kappa shape index (κ1) is 10.3. The largest absolute Gasteiger partial charge is 0.351 e. The molecule has 74 valence electrons. The molecule has 5 nitrogen and oxygen atoms in total. The number of aryl methyl sites for hydroxylation is 1. The molecule has 0 radical (unpaired) electrons. The second-order valence-electron chi connectivity index (χ2n) is 3.15. The van der Waals surface area contributed by atoms with Crippen molar-refractivity contribution in [3.8, 4) is 6.07 Å². The minimum absolute atomic E-state index is 0.175. The van der Waals surface area contributed by atoms with Crippen LogP contribution in [0.1, 0.15) is 23.0 Å². The van der Waals surface area contributed by atoms with Gasteiger partial charge in [-0.2, -0.15) is 10.4 Å². The van der Waals surface area contributed by atoms with Crippen LogP contribution in [0.3, 0.4) is 0 Å². The third kappa shape index (κ3) is 2.33. The summed E-state index contributed by atoms with van der Waals surface area (Å²) in [4.78, 5) is 11.5. The summed E-state index contributed by atoms with van der Waals surface area (Å²) in [6.45, 7) is 3.89. The zero-order valence-electron chi connectivity index (χ0n) is 8.16. The number of hydrogen-bond acceptors (Lipinski definition) is 3. The van der Waals surface area contributed by atoms with Gasteiger partial charge >= 0.3 is 0 Å². The van der Waals surface area contributed by atoms with Gasteiger partial charge < -0.3 is 5.32 Å². The molecule has 1 unspecified atom stereocenters. The van der Waals surface area contributed by atoms with Crippen LogP contribution in [0, 0.1) is 24.2 Å². The summed E-state index contributed by atoms with van der Waals surface area (Å²) in [5.74, 6) is -0.371. The van der Waals surface area contributed by atoms with E-state index in [0.29, 0.717) is 12.1 Å². The molecule has 0 bridgehead atoms. The molecular formula is C9H12N4O. The molecule has 5 heteroatoms. The summed E-state index contributed by atoms with van der Waals surface area (Å²) in [7, 11) is 0. The maximum absolute atomic E-state index is 11.5. The average molecular weight is 192 g/mol. The quantitative estimate of drug-likeness (QED) is 0.736. The molecule has 0 fully saturated rings. The lowest BCUT2D eigenvalue weighted by Crippen LogP contribution is -2.27. The van der Waals surface area contributed by atoms with Gasteiger partial charge in [0.1, 0.15) is 0 Å². The lowest BCUT2D eigenvalue weighted by Gasteiger charge is -2.04. The highest BCUT2D eigenvalue weighted by molar-refractivity contribution is 5.94. The van der Waals surface area contributed by atoms with Gasteiger partial charge in [-0.25, -0.2) is 0 Å². The third-order valence-corrected chi connectivity index (χ3v) is 1.86. The van der Waals surface area contributed by atoms with Crippen molar-refractivity contribution in [1.82, 2.24) is 15.5 Å². The fourth-order valence-electron chi connectivity index (χ4n) is 0.966. The summed E-state index contributed by atoms with van der Waals surface area (Å²) < 4.78 is 0. The van der Waals surface area contributed by atoms with Crippen molar-refractivity contribution in [2.45, 2.75) is 13.8 Å². The Morgan fingerprint density at radius 3 is 3.07 bits per heavy atom. The van der Waals surface area contributed by atoms with E-state index in [4.69, 9.17) is 5.26 Å². The summed E-state index contributed by atoms with van der Waals surface area (Å²) in [5, 5.41) is 17.6. The van der Waals surface area contributed by atoms with E-state index >= 15 is 0 Å². The summed E-state index contributed by atoms with van der Waals surface area (Å²) >= 11 is 0. The number of nitriles is 1. The lowest BCUT2D eigenvalue weighted by atomic mass is 10.2. The van der Waals surface area contributed by atoms with Gasteiger partial charge in [-0.15, -0.1) is 0 Å². The highest BCUT2D eigenvalue weighted by Crippen LogP contribution is 2.01. The Morgan fingerprint density at radius 1 is 1.86 bits per heavy atom. The predicted molar refractivity (Wildman–Crippen MR) is 50.4 cm³/mol. The van der Waals surface area contributed by atoms with Crippen LogP contribution in [0.4, 0.5) is 0 Å². The van der Waals surface area contributed by atoms with Crippen molar-refractivity contribution in [3.63, 3.8) is 0 Å². The highest BCUT2D eigenvalue weighted by Gasteiger charge is 2.10. The Labute approximate surface area is 82.1 Å². The zero-order chi connectivity index (χ0) is 10.6. The van der Waals surface area contributed by atoms with Crippen molar-refractivity contribution < 1.29 is 4.79 Å². The summed E-state index contributed by atoms with van der Waals surface area (Å²) in [5.41, 5.74) is 1.25. The van der Waals surface area contributed by atoms with Gasteiger partial charge in [-0.3, -0.25) is 9.89 Å². The molecule has 0 aromatic carbocycles. The zero-order valence-corrected chi connectivity index (χ0v) is 8.16. The van der Waals surface area contributed by atoms with Crippen LogP contribution >= 0.6 is 0 Å². The molecule has 1 amide bonds. The number of H-pyrrole nitrogens is 1. The molecule has 0 aliphatic rings. The number of aromatic nitrogens is 2. The van der Waals surface area contributed by atoms with Crippen LogP contribution in [-0.2, 0) is 0 Å². The Morgan fingerprint density at radius 2 is 2.57 bits per heavy atom. The van der Waals surface area contributed by atoms with Gasteiger partial charge in [-0.1, -0.05) is 0 Å². The molecule has 1 rings (SSSR count). The van der Waals surface area contributed by atoms with E-state index in [1.54, 1.807) is 13.8 Å². The van der Waals surface area contributed by atoms with Crippen molar-refractivity contribution in [2.75, 3.05) is 6.54 Å². The van der Waals surface area contributed by atoms with Gasteiger partial charge in [0.25, 0.3) is 5.91 Å². The first-order valence-electron chi connectivity index (χ1n) is 4.33.